The van der Waals surface area contributed by atoms with Crippen LogP contribution < -0.4 is 0 Å². The number of ether oxygens (including phenoxy) is 1. The predicted octanol–water partition coefficient (Wildman–Crippen LogP) is 3.39. The second-order valence-corrected chi connectivity index (χ2v) is 6.24. The molecule has 1 aliphatic heterocycles. The Morgan fingerprint density at radius 2 is 1.78 bits per heavy atom. The van der Waals surface area contributed by atoms with E-state index in [9.17, 15) is 4.57 Å². The van der Waals surface area contributed by atoms with Gasteiger partial charge >= 0.3 is 7.60 Å². The molecular formula is C13H19O4P. The van der Waals surface area contributed by atoms with Crippen LogP contribution in [-0.4, -0.2) is 25.5 Å². The van der Waals surface area contributed by atoms with Crippen molar-refractivity contribution in [3.05, 3.63) is 35.9 Å². The molecule has 0 unspecified atom stereocenters. The summed E-state index contributed by atoms with van der Waals surface area (Å²) >= 11 is 0. The highest BCUT2D eigenvalue weighted by atomic mass is 31.2. The standard InChI is InChI=1S/C13H19O4P/c1-3-15-18(14,16-4-2)10-12-13(17-12)11-8-6-5-7-9-11/h5-9,12-13H,3-4,10H2,1-2H3/t12-,13-/m1/s1. The lowest BCUT2D eigenvalue weighted by Gasteiger charge is -2.15. The summed E-state index contributed by atoms with van der Waals surface area (Å²) in [6.45, 7) is 4.40. The lowest BCUT2D eigenvalue weighted by Crippen LogP contribution is -2.05. The summed E-state index contributed by atoms with van der Waals surface area (Å²) in [6, 6.07) is 9.93. The van der Waals surface area contributed by atoms with Crippen molar-refractivity contribution in [1.82, 2.24) is 0 Å². The molecule has 0 amide bonds. The fraction of sp³-hybridized carbons (Fsp3) is 0.538. The predicted molar refractivity (Wildman–Crippen MR) is 69.8 cm³/mol. The number of hydrogen-bond donors (Lipinski definition) is 0. The van der Waals surface area contributed by atoms with Crippen molar-refractivity contribution in [2.45, 2.75) is 26.1 Å². The van der Waals surface area contributed by atoms with Crippen LogP contribution in [0.2, 0.25) is 0 Å². The molecule has 1 aromatic rings. The molecule has 100 valence electrons. The fourth-order valence-corrected chi connectivity index (χ4v) is 3.76. The first-order chi connectivity index (χ1) is 8.68. The molecule has 18 heavy (non-hydrogen) atoms. The molecule has 0 bridgehead atoms. The number of epoxide rings is 1. The molecule has 1 fully saturated rings. The quantitative estimate of drug-likeness (QED) is 0.563. The molecule has 0 N–H and O–H groups in total. The van der Waals surface area contributed by atoms with Crippen LogP contribution in [0.3, 0.4) is 0 Å². The Balaban J connectivity index is 1.93. The molecule has 5 heteroatoms. The van der Waals surface area contributed by atoms with Crippen molar-refractivity contribution in [3.8, 4) is 0 Å². The second-order valence-electron chi connectivity index (χ2n) is 4.13. The highest BCUT2D eigenvalue weighted by Gasteiger charge is 2.45. The summed E-state index contributed by atoms with van der Waals surface area (Å²) in [7, 11) is -3.00. The highest BCUT2D eigenvalue weighted by molar-refractivity contribution is 7.53. The molecule has 2 atom stereocenters. The van der Waals surface area contributed by atoms with Crippen molar-refractivity contribution < 1.29 is 18.3 Å². The first-order valence-corrected chi connectivity index (χ1v) is 8.00. The molecule has 1 saturated heterocycles. The van der Waals surface area contributed by atoms with E-state index in [-0.39, 0.29) is 12.2 Å². The van der Waals surface area contributed by atoms with Gasteiger partial charge in [-0.05, 0) is 19.4 Å². The second kappa shape index (κ2) is 5.98. The largest absolute Gasteiger partial charge is 0.364 e. The normalized spacial score (nSPS) is 23.0. The minimum atomic E-state index is -3.00. The van der Waals surface area contributed by atoms with Gasteiger partial charge in [-0.2, -0.15) is 0 Å². The fourth-order valence-electron chi connectivity index (χ4n) is 1.97. The van der Waals surface area contributed by atoms with Gasteiger partial charge in [-0.15, -0.1) is 0 Å². The zero-order chi connectivity index (χ0) is 13.0. The summed E-state index contributed by atoms with van der Waals surface area (Å²) in [4.78, 5) is 0. The van der Waals surface area contributed by atoms with Crippen LogP contribution >= 0.6 is 7.60 Å². The Morgan fingerprint density at radius 1 is 1.17 bits per heavy atom. The van der Waals surface area contributed by atoms with E-state index in [2.05, 4.69) is 0 Å². The van der Waals surface area contributed by atoms with E-state index in [4.69, 9.17) is 13.8 Å². The van der Waals surface area contributed by atoms with E-state index in [0.29, 0.717) is 19.4 Å². The van der Waals surface area contributed by atoms with Crippen LogP contribution in [0.15, 0.2) is 30.3 Å². The maximum Gasteiger partial charge on any atom is 0.333 e. The Hall–Kier alpha value is -0.670. The van der Waals surface area contributed by atoms with Gasteiger partial charge in [0.05, 0.1) is 19.4 Å². The Bertz CT molecular complexity index is 410. The first kappa shape index (κ1) is 13.8. The summed E-state index contributed by atoms with van der Waals surface area (Å²) < 4.78 is 28.4. The van der Waals surface area contributed by atoms with Crippen LogP contribution in [0.25, 0.3) is 0 Å². The Labute approximate surface area is 108 Å². The molecule has 0 radical (unpaired) electrons. The van der Waals surface area contributed by atoms with Gasteiger partial charge in [-0.25, -0.2) is 0 Å². The van der Waals surface area contributed by atoms with Gasteiger partial charge in [0, 0.05) is 0 Å². The molecule has 1 aliphatic rings. The van der Waals surface area contributed by atoms with E-state index < -0.39 is 7.60 Å². The molecule has 1 heterocycles. The topological polar surface area (TPSA) is 48.1 Å². The molecule has 0 aromatic heterocycles. The summed E-state index contributed by atoms with van der Waals surface area (Å²) in [5.74, 6) is 0. The van der Waals surface area contributed by atoms with E-state index in [0.717, 1.165) is 5.56 Å². The number of benzene rings is 1. The third-order valence-electron chi connectivity index (χ3n) is 2.77. The van der Waals surface area contributed by atoms with Crippen LogP contribution in [0, 0.1) is 0 Å². The van der Waals surface area contributed by atoms with Gasteiger partial charge in [-0.3, -0.25) is 4.57 Å². The minimum absolute atomic E-state index is 0.0282. The average Bonchev–Trinajstić information content (AvgIpc) is 3.09. The van der Waals surface area contributed by atoms with Crippen LogP contribution in [-0.2, 0) is 18.3 Å². The van der Waals surface area contributed by atoms with Crippen LogP contribution in [0.5, 0.6) is 0 Å². The zero-order valence-corrected chi connectivity index (χ0v) is 11.6. The number of rotatable bonds is 7. The van der Waals surface area contributed by atoms with Gasteiger partial charge in [0.15, 0.2) is 0 Å². The molecule has 0 aliphatic carbocycles. The van der Waals surface area contributed by atoms with Crippen molar-refractivity contribution in [3.63, 3.8) is 0 Å². The van der Waals surface area contributed by atoms with Crippen LogP contribution in [0.1, 0.15) is 25.5 Å². The summed E-state index contributed by atoms with van der Waals surface area (Å²) in [5.41, 5.74) is 1.11. The lowest BCUT2D eigenvalue weighted by atomic mass is 10.1. The maximum absolute atomic E-state index is 12.3. The SMILES string of the molecule is CCOP(=O)(C[C@H]1O[C@@H]1c1ccccc1)OCC. The highest BCUT2D eigenvalue weighted by Crippen LogP contribution is 2.54. The average molecular weight is 270 g/mol. The summed E-state index contributed by atoms with van der Waals surface area (Å²) in [5, 5.41) is 0. The molecular weight excluding hydrogens is 251 g/mol. The van der Waals surface area contributed by atoms with Gasteiger partial charge in [0.1, 0.15) is 12.2 Å². The van der Waals surface area contributed by atoms with Gasteiger partial charge in [0.25, 0.3) is 0 Å². The molecule has 0 spiro atoms. The van der Waals surface area contributed by atoms with E-state index >= 15 is 0 Å². The van der Waals surface area contributed by atoms with Crippen LogP contribution in [0.4, 0.5) is 0 Å². The third-order valence-corrected chi connectivity index (χ3v) is 4.88. The van der Waals surface area contributed by atoms with E-state index in [1.807, 2.05) is 44.2 Å². The molecule has 2 rings (SSSR count). The van der Waals surface area contributed by atoms with Gasteiger partial charge in [0.2, 0.25) is 0 Å². The zero-order valence-electron chi connectivity index (χ0n) is 10.7. The van der Waals surface area contributed by atoms with Crippen molar-refractivity contribution in [1.29, 1.82) is 0 Å². The van der Waals surface area contributed by atoms with E-state index in [1.54, 1.807) is 0 Å². The van der Waals surface area contributed by atoms with Gasteiger partial charge < -0.3 is 13.8 Å². The van der Waals surface area contributed by atoms with E-state index in [1.165, 1.54) is 0 Å². The smallest absolute Gasteiger partial charge is 0.333 e. The summed E-state index contributed by atoms with van der Waals surface area (Å²) in [6.07, 6.45) is 0.297. The third kappa shape index (κ3) is 3.42. The first-order valence-electron chi connectivity index (χ1n) is 6.27. The monoisotopic (exact) mass is 270 g/mol. The Morgan fingerprint density at radius 3 is 2.33 bits per heavy atom. The van der Waals surface area contributed by atoms with Crippen molar-refractivity contribution in [2.75, 3.05) is 19.4 Å². The Kier molecular flexibility index (Phi) is 4.57. The lowest BCUT2D eigenvalue weighted by molar-refractivity contribution is 0.217. The van der Waals surface area contributed by atoms with Crippen molar-refractivity contribution >= 4 is 7.60 Å². The van der Waals surface area contributed by atoms with Crippen molar-refractivity contribution in [2.24, 2.45) is 0 Å². The molecule has 4 nitrogen and oxygen atoms in total. The minimum Gasteiger partial charge on any atom is -0.364 e. The molecule has 0 saturated carbocycles. The maximum atomic E-state index is 12.3. The number of hydrogen-bond acceptors (Lipinski definition) is 4. The molecule has 1 aromatic carbocycles. The van der Waals surface area contributed by atoms with Gasteiger partial charge in [-0.1, -0.05) is 30.3 Å².